The third kappa shape index (κ3) is 50.5. The van der Waals surface area contributed by atoms with Gasteiger partial charge in [0.05, 0.1) is 29.3 Å². The molecule has 0 aliphatic heterocycles. The van der Waals surface area contributed by atoms with Crippen molar-refractivity contribution in [3.8, 4) is 0 Å². The zero-order valence-electron chi connectivity index (χ0n) is 52.1. The average molecular weight is 2220 g/mol. The number of nitrogens with two attached hydrogens (primary N) is 5. The maximum atomic E-state index is 10.5. The van der Waals surface area contributed by atoms with Gasteiger partial charge in [0.15, 0.2) is 5.65 Å². The van der Waals surface area contributed by atoms with Crippen LogP contribution in [0.2, 0.25) is 5.28 Å². The van der Waals surface area contributed by atoms with Crippen molar-refractivity contribution < 1.29 is 31.8 Å². The molecule has 0 unspecified atom stereocenters. The normalized spacial score (nSPS) is 8.94. The number of nitrogens with zero attached hydrogens (tertiary/aromatic N) is 12. The van der Waals surface area contributed by atoms with Crippen LogP contribution in [0.5, 0.6) is 0 Å². The van der Waals surface area contributed by atoms with Crippen molar-refractivity contribution in [3.05, 3.63) is 218 Å². The minimum absolute atomic E-state index is 0.101. The van der Waals surface area contributed by atoms with Crippen molar-refractivity contribution in [1.82, 2.24) is 49.8 Å². The Hall–Kier alpha value is -2.69. The Balaban J connectivity index is -0.000000318. The first-order valence-corrected chi connectivity index (χ1v) is 57.1. The number of hydrogen-bond donors (Lipinski definition) is 5. The summed E-state index contributed by atoms with van der Waals surface area (Å²) in [6.07, 6.45) is 8.04. The van der Waals surface area contributed by atoms with Gasteiger partial charge in [0.1, 0.15) is 48.8 Å². The number of fused-ring (bicyclic) bond motifs is 1. The second-order valence-electron chi connectivity index (χ2n) is 14.0. The maximum absolute atomic E-state index is 10.5. The van der Waals surface area contributed by atoms with Crippen molar-refractivity contribution >= 4 is 229 Å². The summed E-state index contributed by atoms with van der Waals surface area (Å²) in [4.78, 5) is 69.7. The van der Waals surface area contributed by atoms with Crippen molar-refractivity contribution in [2.24, 2.45) is 0 Å². The fourth-order valence-corrected chi connectivity index (χ4v) is 5.46. The number of para-hydroxylation sites is 1. The number of halogens is 9. The zero-order chi connectivity index (χ0) is 70.7. The van der Waals surface area contributed by atoms with Gasteiger partial charge in [-0.2, -0.15) is 4.98 Å². The molecule has 10 N–H and O–H groups in total. The van der Waals surface area contributed by atoms with E-state index >= 15 is 0 Å². The van der Waals surface area contributed by atoms with Crippen LogP contribution in [0, 0.1) is 20.2 Å². The zero-order valence-corrected chi connectivity index (χ0v) is 71.0. The molecule has 5 aromatic heterocycles. The van der Waals surface area contributed by atoms with Crippen LogP contribution in [0.4, 0.5) is 40.2 Å². The van der Waals surface area contributed by atoms with Crippen LogP contribution in [0.3, 0.4) is 0 Å². The van der Waals surface area contributed by atoms with E-state index in [-0.39, 0.29) is 39.4 Å². The van der Waals surface area contributed by atoms with Crippen LogP contribution in [-0.4, -0.2) is 70.9 Å². The molecule has 0 radical (unpaired) electrons. The standard InChI is InChI=1S/C13H10N4.C11H10N4O2.C11H12N4.C6H7N.C4H3ClN4O2.C2H4O.4C2H6.CH3I.I2.5HI.2V/c1-2-4-10(5-3-1)8-12-16-9-11-13(17-12)15-7-6-14-11;12-11-9(15(16)17)7-13-10(14-11)6-8-4-2-1-3-5-8;12-9-7-14-10(15-11(9)13)6-8-4-2-1-3-5-8;7-6-4-2-1-3-5-6;5-4-7-1-2(9(10)11)3(6)8-4;1-2-3;6*1-2;;;;;;;/h1-7,9H,8H2;1-5,7H,6H2,(H2,12,13,14);1-5,7H,6,12H2,(H2,13,14,15);1-5H,7H2;1H,(H2,6,7,8);2H,1H3;4*1-2H3;1H3;;5*1H;;/q;;;;;;;;;;;;;;;;;+2;+3/p-5/i7D;;;;;2D;;;;;;;;;;;;;. The van der Waals surface area contributed by atoms with E-state index in [9.17, 15) is 20.2 Å². The van der Waals surface area contributed by atoms with E-state index in [1.165, 1.54) is 13.1 Å². The molecule has 485 valence electrons. The fraction of sp³-hybridized carbons (Fsp3) is 0.232. The number of carbonyl (C=O) groups is 1. The molecule has 9 rings (SSSR count). The van der Waals surface area contributed by atoms with Gasteiger partial charge in [0.25, 0.3) is 0 Å². The second kappa shape index (κ2) is 66.8. The molecule has 0 bridgehead atoms. The van der Waals surface area contributed by atoms with E-state index in [0.717, 1.165) is 34.8 Å². The Bertz CT molecular complexity index is 3280. The molecule has 5 heterocycles. The Morgan fingerprint density at radius 3 is 1.19 bits per heavy atom. The Morgan fingerprint density at radius 2 is 0.865 bits per heavy atom. The van der Waals surface area contributed by atoms with Crippen LogP contribution in [0.1, 0.15) is 99.2 Å². The average Bonchev–Trinajstić information content (AvgIpc) is 1.23. The van der Waals surface area contributed by atoms with Gasteiger partial charge >= 0.3 is 126 Å². The number of aromatic nitrogens is 10. The van der Waals surface area contributed by atoms with Crippen molar-refractivity contribution in [2.45, 2.75) is 81.6 Å². The third-order valence-corrected chi connectivity index (χ3v) is 8.74. The molecule has 0 aliphatic rings. The SMILES string of the molecule is CC.CC.CC.CC.CI.II.Nc1ccccc1.Nc1cnc(Cc2ccccc2)nc1N.Nc1nc(Cc2ccccc2)ncc1[N+](=O)[O-].Nc1nc(Cl)ncc1[N+](=O)[O-].[2H]C(C)=O.[2H]c1cnc2cnc(Cc3ccccc3)nc2n1.[I][V]([I])[I].[I][V][I]. The number of hydrogen-bond acceptors (Lipinski definition) is 20. The molecule has 0 saturated carbocycles. The molecule has 0 amide bonds. The number of aldehydes is 1. The van der Waals surface area contributed by atoms with Gasteiger partial charge in [0.2, 0.25) is 16.9 Å². The van der Waals surface area contributed by atoms with Crippen molar-refractivity contribution in [1.29, 1.82) is 0 Å². The van der Waals surface area contributed by atoms with E-state index < -0.39 is 16.1 Å². The first kappa shape index (κ1) is 90.5. The van der Waals surface area contributed by atoms with Crippen LogP contribution in [-0.2, 0) is 38.4 Å². The second-order valence-corrected chi connectivity index (χ2v) is 61.5. The topological polar surface area (TPSA) is 362 Å². The molecule has 0 spiro atoms. The summed E-state index contributed by atoms with van der Waals surface area (Å²) in [5.74, 6) is 1.86. The van der Waals surface area contributed by atoms with Gasteiger partial charge < -0.3 is 33.5 Å². The summed E-state index contributed by atoms with van der Waals surface area (Å²) in [6.45, 7) is 17.2. The molecular weight excluding hydrogens is 2140 g/mol. The molecule has 0 atom stereocenters. The molecule has 0 aliphatic carbocycles. The summed E-state index contributed by atoms with van der Waals surface area (Å²) in [7, 11) is 0.628. The molecule has 0 fully saturated rings. The summed E-state index contributed by atoms with van der Waals surface area (Å²) in [5, 5.41) is 20.6. The van der Waals surface area contributed by atoms with Crippen molar-refractivity contribution in [2.75, 3.05) is 33.6 Å². The molecule has 9 aromatic rings. The van der Waals surface area contributed by atoms with Gasteiger partial charge in [-0.05, 0) is 52.3 Å². The Kier molecular flexibility index (Phi) is 67.9. The van der Waals surface area contributed by atoms with E-state index in [2.05, 4.69) is 210 Å². The first-order valence-electron chi connectivity index (χ1n) is 26.7. The third-order valence-electron chi connectivity index (χ3n) is 8.55. The summed E-state index contributed by atoms with van der Waals surface area (Å²) >= 11 is 23.8. The number of carbonyl (C=O) groups excluding carboxylic acids is 1. The van der Waals surface area contributed by atoms with Crippen LogP contribution < -0.4 is 28.7 Å². The minimum atomic E-state index is -0.675. The summed E-state index contributed by atoms with van der Waals surface area (Å²) < 4.78 is 13.4. The van der Waals surface area contributed by atoms with Crippen molar-refractivity contribution in [3.63, 3.8) is 0 Å². The van der Waals surface area contributed by atoms with Gasteiger partial charge in [-0.25, -0.2) is 44.9 Å². The summed E-state index contributed by atoms with van der Waals surface area (Å²) in [5.41, 5.74) is 32.2. The first-order chi connectivity index (χ1) is 43.6. The summed E-state index contributed by atoms with van der Waals surface area (Å²) in [6, 6.07) is 39.1. The van der Waals surface area contributed by atoms with E-state index in [1.54, 1.807) is 12.4 Å². The van der Waals surface area contributed by atoms with Gasteiger partial charge in [-0.15, -0.1) is 0 Å². The Labute approximate surface area is 634 Å². The van der Waals surface area contributed by atoms with Gasteiger partial charge in [-0.3, -0.25) is 20.2 Å². The number of benzene rings is 4. The molecule has 33 heteroatoms. The van der Waals surface area contributed by atoms with Crippen LogP contribution >= 0.6 is 171 Å². The molecule has 89 heavy (non-hydrogen) atoms. The number of rotatable bonds is 8. The number of alkyl halides is 1. The number of nitrogen functional groups attached to an aromatic ring is 5. The van der Waals surface area contributed by atoms with Crippen LogP contribution in [0.25, 0.3) is 11.2 Å². The molecule has 4 aromatic carbocycles. The van der Waals surface area contributed by atoms with E-state index in [0.29, 0.717) is 68.9 Å². The number of anilines is 5. The van der Waals surface area contributed by atoms with E-state index in [1.807, 2.05) is 182 Å². The quantitative estimate of drug-likeness (QED) is 0.0179. The molecule has 22 nitrogen and oxygen atoms in total. The van der Waals surface area contributed by atoms with Gasteiger partial charge in [0, 0.05) is 74.6 Å². The number of nitro groups is 2. The monoisotopic (exact) mass is 2220 g/mol. The predicted octanol–water partition coefficient (Wildman–Crippen LogP) is 18.2. The molecule has 0 saturated heterocycles. The predicted molar refractivity (Wildman–Crippen MR) is 431 cm³/mol. The van der Waals surface area contributed by atoms with Crippen LogP contribution in [0.15, 0.2) is 158 Å². The van der Waals surface area contributed by atoms with Gasteiger partial charge in [-0.1, -0.05) is 187 Å². The fourth-order valence-electron chi connectivity index (χ4n) is 5.32. The van der Waals surface area contributed by atoms with E-state index in [4.69, 9.17) is 47.8 Å². The Morgan fingerprint density at radius 1 is 0.551 bits per heavy atom. The molecular formula is C56H73ClI8N17O5V2.